The quantitative estimate of drug-likeness (QED) is 0.709. The van der Waals surface area contributed by atoms with Crippen molar-refractivity contribution in [2.75, 3.05) is 12.8 Å². The first-order valence-electron chi connectivity index (χ1n) is 6.96. The smallest absolute Gasteiger partial charge is 0.416 e. The zero-order valence-electron chi connectivity index (χ0n) is 12.6. The van der Waals surface area contributed by atoms with Crippen molar-refractivity contribution in [3.63, 3.8) is 0 Å². The maximum atomic E-state index is 12.8. The highest BCUT2D eigenvalue weighted by Crippen LogP contribution is 2.36. The second-order valence-electron chi connectivity index (χ2n) is 5.05. The van der Waals surface area contributed by atoms with Gasteiger partial charge in [-0.1, -0.05) is 6.07 Å². The first-order chi connectivity index (χ1) is 11.4. The molecule has 0 radical (unpaired) electrons. The van der Waals surface area contributed by atoms with Crippen LogP contribution in [0.4, 0.5) is 18.9 Å². The number of anilines is 1. The minimum absolute atomic E-state index is 0.0683. The normalized spacial score (nSPS) is 11.5. The van der Waals surface area contributed by atoms with Gasteiger partial charge in [0.1, 0.15) is 17.2 Å². The number of rotatable bonds is 3. The largest absolute Gasteiger partial charge is 0.497 e. The number of nitrogens with zero attached hydrogens (tertiary/aromatic N) is 1. The van der Waals surface area contributed by atoms with Crippen molar-refractivity contribution in [2.45, 2.75) is 6.18 Å². The van der Waals surface area contributed by atoms with Crippen LogP contribution >= 0.6 is 0 Å². The Labute approximate surface area is 135 Å². The van der Waals surface area contributed by atoms with Gasteiger partial charge in [-0.3, -0.25) is 4.98 Å². The summed E-state index contributed by atoms with van der Waals surface area (Å²) in [6.45, 7) is 0. The van der Waals surface area contributed by atoms with Crippen LogP contribution in [0, 0.1) is 0 Å². The van der Waals surface area contributed by atoms with Gasteiger partial charge in [0.25, 0.3) is 0 Å². The van der Waals surface area contributed by atoms with Crippen LogP contribution in [-0.4, -0.2) is 12.1 Å². The SMILES string of the molecule is COc1cc(N)c2nccc(Oc3cccc(C(F)(F)F)c3)c2c1. The molecule has 0 unspecified atom stereocenters. The lowest BCUT2D eigenvalue weighted by molar-refractivity contribution is -0.137. The van der Waals surface area contributed by atoms with Gasteiger partial charge in [-0.25, -0.2) is 0 Å². The molecular weight excluding hydrogens is 321 g/mol. The molecule has 3 rings (SSSR count). The van der Waals surface area contributed by atoms with Crippen LogP contribution in [0.25, 0.3) is 10.9 Å². The van der Waals surface area contributed by atoms with Gasteiger partial charge in [0.05, 0.1) is 23.9 Å². The van der Waals surface area contributed by atoms with E-state index >= 15 is 0 Å². The van der Waals surface area contributed by atoms with Crippen LogP contribution in [-0.2, 0) is 6.18 Å². The first kappa shape index (κ1) is 15.9. The highest BCUT2D eigenvalue weighted by atomic mass is 19.4. The zero-order valence-corrected chi connectivity index (χ0v) is 12.6. The molecular formula is C17H13F3N2O2. The van der Waals surface area contributed by atoms with E-state index in [1.165, 1.54) is 25.4 Å². The Morgan fingerprint density at radius 1 is 1.04 bits per heavy atom. The Morgan fingerprint density at radius 3 is 2.54 bits per heavy atom. The minimum atomic E-state index is -4.44. The fourth-order valence-electron chi connectivity index (χ4n) is 2.30. The summed E-state index contributed by atoms with van der Waals surface area (Å²) < 4.78 is 49.2. The fraction of sp³-hybridized carbons (Fsp3) is 0.118. The molecule has 0 aliphatic carbocycles. The van der Waals surface area contributed by atoms with Crippen molar-refractivity contribution in [3.8, 4) is 17.2 Å². The molecule has 124 valence electrons. The molecule has 0 bridgehead atoms. The van der Waals surface area contributed by atoms with E-state index in [2.05, 4.69) is 4.98 Å². The van der Waals surface area contributed by atoms with Crippen LogP contribution in [0.15, 0.2) is 48.7 Å². The third-order valence-corrected chi connectivity index (χ3v) is 3.43. The maximum absolute atomic E-state index is 12.8. The molecule has 0 amide bonds. The highest BCUT2D eigenvalue weighted by molar-refractivity contribution is 5.95. The second-order valence-corrected chi connectivity index (χ2v) is 5.05. The number of nitrogens with two attached hydrogens (primary N) is 1. The average Bonchev–Trinajstić information content (AvgIpc) is 2.55. The number of fused-ring (bicyclic) bond motifs is 1. The number of halogens is 3. The van der Waals surface area contributed by atoms with Crippen molar-refractivity contribution in [1.82, 2.24) is 4.98 Å². The van der Waals surface area contributed by atoms with Crippen molar-refractivity contribution in [3.05, 3.63) is 54.2 Å². The van der Waals surface area contributed by atoms with E-state index in [1.807, 2.05) is 0 Å². The zero-order chi connectivity index (χ0) is 17.3. The Morgan fingerprint density at radius 2 is 1.83 bits per heavy atom. The summed E-state index contributed by atoms with van der Waals surface area (Å²) >= 11 is 0. The molecule has 0 saturated carbocycles. The number of hydrogen-bond acceptors (Lipinski definition) is 4. The third-order valence-electron chi connectivity index (χ3n) is 3.43. The number of ether oxygens (including phenoxy) is 2. The molecule has 1 heterocycles. The van der Waals surface area contributed by atoms with Crippen LogP contribution in [0.1, 0.15) is 5.56 Å². The number of hydrogen-bond donors (Lipinski definition) is 1. The molecule has 24 heavy (non-hydrogen) atoms. The Kier molecular flexibility index (Phi) is 3.92. The van der Waals surface area contributed by atoms with E-state index in [4.69, 9.17) is 15.2 Å². The molecule has 2 N–H and O–H groups in total. The lowest BCUT2D eigenvalue weighted by Crippen LogP contribution is -2.04. The lowest BCUT2D eigenvalue weighted by atomic mass is 10.1. The first-order valence-corrected chi connectivity index (χ1v) is 6.96. The molecule has 0 fully saturated rings. The second kappa shape index (κ2) is 5.92. The van der Waals surface area contributed by atoms with Gasteiger partial charge < -0.3 is 15.2 Å². The Hall–Kier alpha value is -2.96. The van der Waals surface area contributed by atoms with Gasteiger partial charge in [0, 0.05) is 17.6 Å². The molecule has 0 spiro atoms. The summed E-state index contributed by atoms with van der Waals surface area (Å²) in [6.07, 6.45) is -2.96. The van der Waals surface area contributed by atoms with E-state index in [9.17, 15) is 13.2 Å². The number of benzene rings is 2. The minimum Gasteiger partial charge on any atom is -0.497 e. The summed E-state index contributed by atoms with van der Waals surface area (Å²) in [7, 11) is 1.49. The lowest BCUT2D eigenvalue weighted by Gasteiger charge is -2.13. The summed E-state index contributed by atoms with van der Waals surface area (Å²) in [5.74, 6) is 0.908. The number of methoxy groups -OCH3 is 1. The van der Waals surface area contributed by atoms with Gasteiger partial charge in [0.15, 0.2) is 0 Å². The summed E-state index contributed by atoms with van der Waals surface area (Å²) in [6, 6.07) is 9.50. The number of nitrogen functional groups attached to an aromatic ring is 1. The molecule has 0 aliphatic heterocycles. The standard InChI is InChI=1S/C17H13F3N2O2/c1-23-12-8-13-15(5-6-22-16(13)14(21)9-12)24-11-4-2-3-10(7-11)17(18,19)20/h2-9H,21H2,1H3. The molecule has 3 aromatic rings. The molecule has 0 aliphatic rings. The number of aromatic nitrogens is 1. The van der Waals surface area contributed by atoms with Crippen molar-refractivity contribution in [1.29, 1.82) is 0 Å². The molecule has 2 aromatic carbocycles. The van der Waals surface area contributed by atoms with Crippen molar-refractivity contribution >= 4 is 16.6 Å². The van der Waals surface area contributed by atoms with Gasteiger partial charge in [-0.05, 0) is 30.3 Å². The molecule has 7 heteroatoms. The highest BCUT2D eigenvalue weighted by Gasteiger charge is 2.30. The van der Waals surface area contributed by atoms with E-state index < -0.39 is 11.7 Å². The topological polar surface area (TPSA) is 57.4 Å². The predicted octanol–water partition coefficient (Wildman–Crippen LogP) is 4.64. The Bertz CT molecular complexity index is 895. The molecule has 0 saturated heterocycles. The van der Waals surface area contributed by atoms with E-state index in [0.29, 0.717) is 28.1 Å². The van der Waals surface area contributed by atoms with Gasteiger partial charge in [-0.15, -0.1) is 0 Å². The van der Waals surface area contributed by atoms with Crippen LogP contribution in [0.2, 0.25) is 0 Å². The molecule has 0 atom stereocenters. The van der Waals surface area contributed by atoms with Gasteiger partial charge in [-0.2, -0.15) is 13.2 Å². The van der Waals surface area contributed by atoms with Crippen LogP contribution < -0.4 is 15.2 Å². The Balaban J connectivity index is 2.06. The van der Waals surface area contributed by atoms with Crippen molar-refractivity contribution in [2.24, 2.45) is 0 Å². The van der Waals surface area contributed by atoms with Gasteiger partial charge >= 0.3 is 6.18 Å². The monoisotopic (exact) mass is 334 g/mol. The summed E-state index contributed by atoms with van der Waals surface area (Å²) in [5.41, 5.74) is 6.02. The molecule has 1 aromatic heterocycles. The van der Waals surface area contributed by atoms with Crippen LogP contribution in [0.3, 0.4) is 0 Å². The van der Waals surface area contributed by atoms with Gasteiger partial charge in [0.2, 0.25) is 0 Å². The number of alkyl halides is 3. The van der Waals surface area contributed by atoms with E-state index in [-0.39, 0.29) is 5.75 Å². The number of pyridine rings is 1. The summed E-state index contributed by atoms with van der Waals surface area (Å²) in [5, 5.41) is 0.548. The average molecular weight is 334 g/mol. The molecule has 4 nitrogen and oxygen atoms in total. The van der Waals surface area contributed by atoms with Crippen molar-refractivity contribution < 1.29 is 22.6 Å². The summed E-state index contributed by atoms with van der Waals surface area (Å²) in [4.78, 5) is 4.17. The van der Waals surface area contributed by atoms with Crippen LogP contribution in [0.5, 0.6) is 17.2 Å². The van der Waals surface area contributed by atoms with E-state index in [0.717, 1.165) is 12.1 Å². The third kappa shape index (κ3) is 3.05. The maximum Gasteiger partial charge on any atom is 0.416 e. The van der Waals surface area contributed by atoms with E-state index in [1.54, 1.807) is 18.2 Å². The fourth-order valence-corrected chi connectivity index (χ4v) is 2.30. The predicted molar refractivity (Wildman–Crippen MR) is 84.2 cm³/mol.